The Labute approximate surface area is 115 Å². The zero-order chi connectivity index (χ0) is 13.5. The largest absolute Gasteiger partial charge is 0.481 e. The van der Waals surface area contributed by atoms with Gasteiger partial charge in [0.2, 0.25) is 0 Å². The average molecular weight is 266 g/mol. The summed E-state index contributed by atoms with van der Waals surface area (Å²) in [4.78, 5) is 16.7. The van der Waals surface area contributed by atoms with Gasteiger partial charge in [0.05, 0.1) is 5.41 Å². The quantitative estimate of drug-likeness (QED) is 0.840. The number of rotatable bonds is 4. The molecule has 0 amide bonds. The summed E-state index contributed by atoms with van der Waals surface area (Å²) in [5.41, 5.74) is -0.458. The molecule has 0 spiro atoms. The van der Waals surface area contributed by atoms with Gasteiger partial charge in [0.25, 0.3) is 0 Å². The summed E-state index contributed by atoms with van der Waals surface area (Å²) in [6.45, 7) is 7.56. The minimum absolute atomic E-state index is 0.458. The van der Waals surface area contributed by atoms with E-state index in [1.165, 1.54) is 32.5 Å². The topological polar surface area (TPSA) is 43.8 Å². The molecule has 0 aromatic heterocycles. The summed E-state index contributed by atoms with van der Waals surface area (Å²) in [6, 6.07) is 0.626. The molecule has 4 aliphatic rings. The molecule has 0 aliphatic carbocycles. The van der Waals surface area contributed by atoms with E-state index in [0.29, 0.717) is 6.04 Å². The molecule has 2 unspecified atom stereocenters. The van der Waals surface area contributed by atoms with Gasteiger partial charge in [0.1, 0.15) is 0 Å². The van der Waals surface area contributed by atoms with Gasteiger partial charge in [-0.15, -0.1) is 0 Å². The van der Waals surface area contributed by atoms with Crippen LogP contribution in [-0.4, -0.2) is 59.6 Å². The van der Waals surface area contributed by atoms with Crippen molar-refractivity contribution in [3.63, 3.8) is 0 Å². The van der Waals surface area contributed by atoms with Crippen LogP contribution in [-0.2, 0) is 4.79 Å². The van der Waals surface area contributed by atoms with Crippen LogP contribution in [0.1, 0.15) is 39.0 Å². The minimum Gasteiger partial charge on any atom is -0.481 e. The van der Waals surface area contributed by atoms with E-state index in [0.717, 1.165) is 38.3 Å². The summed E-state index contributed by atoms with van der Waals surface area (Å²) < 4.78 is 0. The molecule has 2 atom stereocenters. The van der Waals surface area contributed by atoms with E-state index < -0.39 is 11.4 Å². The normalized spacial score (nSPS) is 42.7. The monoisotopic (exact) mass is 266 g/mol. The van der Waals surface area contributed by atoms with E-state index >= 15 is 0 Å². The van der Waals surface area contributed by atoms with Gasteiger partial charge in [0, 0.05) is 19.1 Å². The Balaban J connectivity index is 1.69. The number of piperidine rings is 3. The Bertz CT molecular complexity index is 352. The fourth-order valence-corrected chi connectivity index (χ4v) is 4.50. The maximum atomic E-state index is 11.7. The Hall–Kier alpha value is -0.610. The van der Waals surface area contributed by atoms with Crippen molar-refractivity contribution in [2.75, 3.05) is 32.7 Å². The number of carbonyl (C=O) groups is 1. The van der Waals surface area contributed by atoms with Crippen LogP contribution < -0.4 is 0 Å². The average Bonchev–Trinajstić information content (AvgIpc) is 2.86. The Morgan fingerprint density at radius 2 is 2.05 bits per heavy atom. The molecule has 2 bridgehead atoms. The molecule has 19 heavy (non-hydrogen) atoms. The van der Waals surface area contributed by atoms with Gasteiger partial charge in [-0.3, -0.25) is 9.69 Å². The van der Waals surface area contributed by atoms with Crippen LogP contribution >= 0.6 is 0 Å². The smallest absolute Gasteiger partial charge is 0.310 e. The van der Waals surface area contributed by atoms with E-state index in [-0.39, 0.29) is 0 Å². The molecule has 4 heteroatoms. The van der Waals surface area contributed by atoms with E-state index in [1.54, 1.807) is 0 Å². The Morgan fingerprint density at radius 3 is 2.58 bits per heavy atom. The van der Waals surface area contributed by atoms with Crippen molar-refractivity contribution in [3.05, 3.63) is 0 Å². The number of hydrogen-bond acceptors (Lipinski definition) is 3. The molecule has 4 aliphatic heterocycles. The van der Waals surface area contributed by atoms with Crippen LogP contribution in [0.3, 0.4) is 0 Å². The SMILES string of the molecule is CCCC1(C(=O)O)CCN(C2CN3CCC2CC3)C1. The fraction of sp³-hybridized carbons (Fsp3) is 0.933. The molecule has 0 saturated carbocycles. The van der Waals surface area contributed by atoms with Crippen molar-refractivity contribution in [2.24, 2.45) is 11.3 Å². The molecule has 4 heterocycles. The van der Waals surface area contributed by atoms with Crippen LogP contribution in [0, 0.1) is 11.3 Å². The maximum absolute atomic E-state index is 11.7. The second-order valence-corrected chi connectivity index (χ2v) is 6.76. The van der Waals surface area contributed by atoms with Crippen molar-refractivity contribution < 1.29 is 9.90 Å². The number of likely N-dealkylation sites (tertiary alicyclic amines) is 1. The predicted molar refractivity (Wildman–Crippen MR) is 74.1 cm³/mol. The van der Waals surface area contributed by atoms with Gasteiger partial charge >= 0.3 is 5.97 Å². The number of carboxylic acid groups (broad SMARTS) is 1. The first kappa shape index (κ1) is 13.4. The molecular weight excluding hydrogens is 240 g/mol. The molecule has 4 saturated heterocycles. The Kier molecular flexibility index (Phi) is 3.56. The second-order valence-electron chi connectivity index (χ2n) is 6.76. The number of carboxylic acids is 1. The van der Waals surface area contributed by atoms with Gasteiger partial charge in [0.15, 0.2) is 0 Å². The van der Waals surface area contributed by atoms with Crippen LogP contribution in [0.4, 0.5) is 0 Å². The van der Waals surface area contributed by atoms with Crippen LogP contribution in [0.5, 0.6) is 0 Å². The lowest BCUT2D eigenvalue weighted by molar-refractivity contribution is -0.149. The molecule has 4 nitrogen and oxygen atoms in total. The standard InChI is InChI=1S/C15H26N2O2/c1-2-5-15(14(18)19)6-9-17(11-15)13-10-16-7-3-12(13)4-8-16/h12-13H,2-11H2,1H3,(H,18,19). The first-order chi connectivity index (χ1) is 9.14. The first-order valence-electron chi connectivity index (χ1n) is 7.84. The fourth-order valence-electron chi connectivity index (χ4n) is 4.50. The second kappa shape index (κ2) is 5.06. The highest BCUT2D eigenvalue weighted by Gasteiger charge is 2.48. The number of hydrogen-bond donors (Lipinski definition) is 1. The molecule has 0 aromatic carbocycles. The molecule has 108 valence electrons. The summed E-state index contributed by atoms with van der Waals surface area (Å²) in [7, 11) is 0. The molecule has 0 radical (unpaired) electrons. The predicted octanol–water partition coefficient (Wildman–Crippen LogP) is 1.66. The van der Waals surface area contributed by atoms with Gasteiger partial charge in [-0.25, -0.2) is 0 Å². The lowest BCUT2D eigenvalue weighted by atomic mass is 9.81. The Morgan fingerprint density at radius 1 is 1.32 bits per heavy atom. The van der Waals surface area contributed by atoms with Crippen LogP contribution in [0.2, 0.25) is 0 Å². The first-order valence-corrected chi connectivity index (χ1v) is 7.84. The number of fused-ring (bicyclic) bond motifs is 3. The highest BCUT2D eigenvalue weighted by atomic mass is 16.4. The molecule has 1 N–H and O–H groups in total. The number of aliphatic carboxylic acids is 1. The van der Waals surface area contributed by atoms with Crippen molar-refractivity contribution in [3.8, 4) is 0 Å². The zero-order valence-corrected chi connectivity index (χ0v) is 12.0. The third-order valence-corrected chi connectivity index (χ3v) is 5.66. The summed E-state index contributed by atoms with van der Waals surface area (Å²) in [6.07, 6.45) is 5.28. The highest BCUT2D eigenvalue weighted by Crippen LogP contribution is 2.40. The molecule has 4 rings (SSSR count). The maximum Gasteiger partial charge on any atom is 0.310 e. The highest BCUT2D eigenvalue weighted by molar-refractivity contribution is 5.75. The van der Waals surface area contributed by atoms with E-state index in [1.807, 2.05) is 0 Å². The lowest BCUT2D eigenvalue weighted by Gasteiger charge is -2.48. The molecule has 4 fully saturated rings. The number of nitrogens with zero attached hydrogens (tertiary/aromatic N) is 2. The van der Waals surface area contributed by atoms with Crippen molar-refractivity contribution in [2.45, 2.75) is 45.1 Å². The summed E-state index contributed by atoms with van der Waals surface area (Å²) in [5, 5.41) is 9.61. The molecule has 0 aromatic rings. The molecular formula is C15H26N2O2. The van der Waals surface area contributed by atoms with Crippen molar-refractivity contribution in [1.29, 1.82) is 0 Å². The van der Waals surface area contributed by atoms with Crippen LogP contribution in [0.25, 0.3) is 0 Å². The van der Waals surface area contributed by atoms with E-state index in [4.69, 9.17) is 0 Å². The van der Waals surface area contributed by atoms with E-state index in [2.05, 4.69) is 16.7 Å². The van der Waals surface area contributed by atoms with Crippen molar-refractivity contribution >= 4 is 5.97 Å². The van der Waals surface area contributed by atoms with E-state index in [9.17, 15) is 9.90 Å². The third-order valence-electron chi connectivity index (χ3n) is 5.66. The van der Waals surface area contributed by atoms with Gasteiger partial charge in [-0.05, 0) is 51.2 Å². The van der Waals surface area contributed by atoms with Gasteiger partial charge in [-0.2, -0.15) is 0 Å². The van der Waals surface area contributed by atoms with Gasteiger partial charge in [-0.1, -0.05) is 13.3 Å². The summed E-state index contributed by atoms with van der Waals surface area (Å²) >= 11 is 0. The van der Waals surface area contributed by atoms with Gasteiger partial charge < -0.3 is 10.0 Å². The lowest BCUT2D eigenvalue weighted by Crippen LogP contribution is -2.57. The van der Waals surface area contributed by atoms with Crippen molar-refractivity contribution in [1.82, 2.24) is 9.80 Å². The minimum atomic E-state index is -0.571. The van der Waals surface area contributed by atoms with Crippen LogP contribution in [0.15, 0.2) is 0 Å². The zero-order valence-electron chi connectivity index (χ0n) is 12.0. The third kappa shape index (κ3) is 2.29. The summed E-state index contributed by atoms with van der Waals surface area (Å²) in [5.74, 6) is 0.245.